The van der Waals surface area contributed by atoms with E-state index in [9.17, 15) is 9.60 Å². The lowest BCUT2D eigenvalue weighted by atomic mass is 9.95. The molecule has 0 aliphatic carbocycles. The van der Waals surface area contributed by atoms with Crippen LogP contribution < -0.4 is 4.90 Å². The average Bonchev–Trinajstić information content (AvgIpc) is 3.63. The second-order valence-electron chi connectivity index (χ2n) is 10.6. The molecule has 46 heavy (non-hydrogen) atoms. The maximum atomic E-state index is 9.51. The molecule has 0 amide bonds. The zero-order valence-corrected chi connectivity index (χ0v) is 23.9. The maximum absolute atomic E-state index is 9.51. The number of anilines is 3. The van der Waals surface area contributed by atoms with Gasteiger partial charge in [-0.25, -0.2) is 0 Å². The molecule has 0 spiro atoms. The van der Waals surface area contributed by atoms with Gasteiger partial charge in [0.2, 0.25) is 0 Å². The van der Waals surface area contributed by atoms with Gasteiger partial charge in [0.25, 0.3) is 0 Å². The highest BCUT2D eigenvalue weighted by molar-refractivity contribution is 6.07. The van der Waals surface area contributed by atoms with Crippen LogP contribution >= 0.6 is 0 Å². The highest BCUT2D eigenvalue weighted by atomic mass is 16.3. The van der Waals surface area contributed by atoms with Crippen molar-refractivity contribution in [3.8, 4) is 22.3 Å². The molecule has 0 atom stereocenters. The van der Waals surface area contributed by atoms with E-state index in [0.29, 0.717) is 22.5 Å². The molecule has 1 aromatic heterocycles. The van der Waals surface area contributed by atoms with Crippen molar-refractivity contribution in [2.24, 2.45) is 0 Å². The molecule has 0 aliphatic heterocycles. The van der Waals surface area contributed by atoms with Gasteiger partial charge in [0.15, 0.2) is 0 Å². The number of nitrogens with zero attached hydrogens (tertiary/aromatic N) is 1. The molecule has 9 rings (SSSR count). The Morgan fingerprint density at radius 3 is 2.11 bits per heavy atom. The zero-order valence-electron chi connectivity index (χ0n) is 38.9. The average molecular weight is 603 g/mol. The highest BCUT2D eigenvalue weighted by Gasteiger charge is 2.18. The van der Waals surface area contributed by atoms with E-state index in [1.807, 2.05) is 60.7 Å². The molecule has 0 bridgehead atoms. The summed E-state index contributed by atoms with van der Waals surface area (Å²) in [6.45, 7) is 0. The van der Waals surface area contributed by atoms with Gasteiger partial charge in [-0.1, -0.05) is 127 Å². The predicted molar refractivity (Wildman–Crippen MR) is 194 cm³/mol. The summed E-state index contributed by atoms with van der Waals surface area (Å²) in [5.41, 5.74) is -0.235. The third-order valence-electron chi connectivity index (χ3n) is 7.90. The van der Waals surface area contributed by atoms with E-state index >= 15 is 0 Å². The molecule has 2 heteroatoms. The number of hydrogen-bond acceptors (Lipinski definition) is 2. The van der Waals surface area contributed by atoms with Crippen molar-refractivity contribution >= 4 is 60.5 Å². The number of hydrogen-bond donors (Lipinski definition) is 0. The van der Waals surface area contributed by atoms with Gasteiger partial charge in [-0.05, 0) is 80.8 Å². The first-order valence-corrected chi connectivity index (χ1v) is 14.5. The summed E-state index contributed by atoms with van der Waals surface area (Å²) >= 11 is 0. The lowest BCUT2D eigenvalue weighted by molar-refractivity contribution is 0.669. The zero-order chi connectivity index (χ0) is 43.5. The monoisotopic (exact) mass is 602 g/mol. The third-order valence-corrected chi connectivity index (χ3v) is 7.90. The predicted octanol–water partition coefficient (Wildman–Crippen LogP) is 12.7. The van der Waals surface area contributed by atoms with E-state index in [1.54, 1.807) is 29.2 Å². The van der Waals surface area contributed by atoms with E-state index in [0.717, 1.165) is 21.5 Å². The molecular weight excluding hydrogens is 558 g/mol. The van der Waals surface area contributed by atoms with E-state index in [1.165, 1.54) is 0 Å². The standard InChI is InChI=1S/C44H29NO/c1-2-10-31(11-3-1)37-17-8-14-34-28-33(22-26-38(34)37)30-20-23-35(24-21-30)45(42-18-9-13-32-12-4-5-15-39(32)42)36-25-27-41-40-16-6-7-19-43(40)46-44(41)29-36/h1-29H/i1D,2D,3D,8D,10D,11D,14D,17D,20D,21D,22D,23D,24D,26D,28D. The Morgan fingerprint density at radius 1 is 0.457 bits per heavy atom. The molecule has 8 aromatic carbocycles. The fourth-order valence-electron chi connectivity index (χ4n) is 5.78. The summed E-state index contributed by atoms with van der Waals surface area (Å²) in [5.74, 6) is 0. The van der Waals surface area contributed by atoms with E-state index in [2.05, 4.69) is 0 Å². The van der Waals surface area contributed by atoms with Gasteiger partial charge in [0.05, 0.1) is 26.2 Å². The molecule has 0 saturated heterocycles. The highest BCUT2D eigenvalue weighted by Crippen LogP contribution is 2.42. The van der Waals surface area contributed by atoms with Crippen molar-refractivity contribution in [2.45, 2.75) is 0 Å². The molecule has 0 N–H and O–H groups in total. The largest absolute Gasteiger partial charge is 0.456 e. The SMILES string of the molecule is [2H]c1c([2H])c([2H])c(-c2c([2H])c([2H])c([2H])c3c([2H])c(-c4c([2H])c([2H])c(N(c5ccc6c(c5)oc5ccccc56)c5cccc6ccccc56)c([2H])c4[2H])c([2H])c([2H])c23)c([2H])c1[2H]. The minimum Gasteiger partial charge on any atom is -0.456 e. The van der Waals surface area contributed by atoms with Crippen molar-refractivity contribution < 1.29 is 25.0 Å². The summed E-state index contributed by atoms with van der Waals surface area (Å²) in [7, 11) is 0. The van der Waals surface area contributed by atoms with Crippen LogP contribution in [0.1, 0.15) is 20.6 Å². The molecule has 0 aliphatic rings. The lowest BCUT2D eigenvalue weighted by Gasteiger charge is -2.27. The maximum Gasteiger partial charge on any atom is 0.137 e. The number of furan rings is 1. The minimum absolute atomic E-state index is 0.174. The fraction of sp³-hybridized carbons (Fsp3) is 0. The molecule has 0 saturated carbocycles. The Balaban J connectivity index is 1.34. The van der Waals surface area contributed by atoms with Gasteiger partial charge < -0.3 is 9.32 Å². The van der Waals surface area contributed by atoms with Crippen molar-refractivity contribution in [3.63, 3.8) is 0 Å². The third kappa shape index (κ3) is 4.43. The molecule has 1 heterocycles. The van der Waals surface area contributed by atoms with Crippen LogP contribution in [0.3, 0.4) is 0 Å². The van der Waals surface area contributed by atoms with E-state index < -0.39 is 124 Å². The summed E-state index contributed by atoms with van der Waals surface area (Å²) in [4.78, 5) is 1.59. The van der Waals surface area contributed by atoms with Crippen LogP contribution in [0, 0.1) is 0 Å². The van der Waals surface area contributed by atoms with Crippen LogP contribution in [0.5, 0.6) is 0 Å². The first kappa shape index (κ1) is 15.2. The van der Waals surface area contributed by atoms with Gasteiger partial charge in [0.1, 0.15) is 11.2 Å². The fourth-order valence-corrected chi connectivity index (χ4v) is 5.78. The quantitative estimate of drug-likeness (QED) is 0.195. The summed E-state index contributed by atoms with van der Waals surface area (Å²) < 4.78 is 140. The van der Waals surface area contributed by atoms with Crippen molar-refractivity contribution in [1.82, 2.24) is 0 Å². The Morgan fingerprint density at radius 2 is 1.22 bits per heavy atom. The van der Waals surface area contributed by atoms with E-state index in [4.69, 9.17) is 15.4 Å². The van der Waals surface area contributed by atoms with Gasteiger partial charge in [-0.15, -0.1) is 0 Å². The topological polar surface area (TPSA) is 16.4 Å². The van der Waals surface area contributed by atoms with Crippen molar-refractivity contribution in [2.75, 3.05) is 4.90 Å². The Hall–Kier alpha value is -6.12. The molecule has 2 nitrogen and oxygen atoms in total. The normalized spacial score (nSPS) is 16.0. The van der Waals surface area contributed by atoms with Crippen molar-refractivity contribution in [3.05, 3.63) is 176 Å². The Kier molecular flexibility index (Phi) is 3.58. The molecule has 0 fully saturated rings. The molecule has 0 radical (unpaired) electrons. The van der Waals surface area contributed by atoms with Gasteiger partial charge in [-0.3, -0.25) is 0 Å². The summed E-state index contributed by atoms with van der Waals surface area (Å²) in [6.07, 6.45) is 0. The van der Waals surface area contributed by atoms with Crippen LogP contribution in [0.25, 0.3) is 65.7 Å². The van der Waals surface area contributed by atoms with Crippen LogP contribution in [0.2, 0.25) is 0 Å². The molecular formula is C44H29NO. The second-order valence-corrected chi connectivity index (χ2v) is 10.6. The van der Waals surface area contributed by atoms with Crippen LogP contribution in [0.15, 0.2) is 180 Å². The number of para-hydroxylation sites is 1. The molecule has 216 valence electrons. The number of fused-ring (bicyclic) bond motifs is 5. The summed E-state index contributed by atoms with van der Waals surface area (Å²) in [5, 5.41) is 2.27. The first-order valence-electron chi connectivity index (χ1n) is 22.0. The first-order chi connectivity index (χ1) is 29.1. The Bertz CT molecular complexity index is 3340. The molecule has 9 aromatic rings. The molecule has 0 unspecified atom stereocenters. The van der Waals surface area contributed by atoms with Gasteiger partial charge in [-0.2, -0.15) is 0 Å². The minimum atomic E-state index is -0.798. The Labute approximate surface area is 288 Å². The van der Waals surface area contributed by atoms with E-state index in [-0.39, 0.29) is 5.69 Å². The number of benzene rings is 8. The van der Waals surface area contributed by atoms with Crippen LogP contribution in [-0.4, -0.2) is 0 Å². The lowest BCUT2D eigenvalue weighted by Crippen LogP contribution is -2.10. The van der Waals surface area contributed by atoms with Crippen molar-refractivity contribution in [1.29, 1.82) is 0 Å². The number of rotatable bonds is 5. The smallest absolute Gasteiger partial charge is 0.137 e. The summed E-state index contributed by atoms with van der Waals surface area (Å²) in [6, 6.07) is 15.0. The van der Waals surface area contributed by atoms with Gasteiger partial charge >= 0.3 is 0 Å². The second kappa shape index (κ2) is 10.8. The van der Waals surface area contributed by atoms with Crippen LogP contribution in [0.4, 0.5) is 17.1 Å². The van der Waals surface area contributed by atoms with Gasteiger partial charge in [0, 0.05) is 33.6 Å². The van der Waals surface area contributed by atoms with Crippen LogP contribution in [-0.2, 0) is 0 Å².